The average Bonchev–Trinajstić information content (AvgIpc) is 1.86. The molecule has 1 unspecified atom stereocenters. The van der Waals surface area contributed by atoms with E-state index in [1.807, 2.05) is 19.9 Å². The Morgan fingerprint density at radius 1 is 1.55 bits per heavy atom. The van der Waals surface area contributed by atoms with Gasteiger partial charge in [-0.15, -0.1) is 6.58 Å². The van der Waals surface area contributed by atoms with E-state index < -0.39 is 0 Å². The first kappa shape index (κ1) is 12.2. The predicted octanol–water partition coefficient (Wildman–Crippen LogP) is 3.15. The van der Waals surface area contributed by atoms with E-state index in [0.29, 0.717) is 1.93 Å². The molecule has 0 radical (unpaired) electrons. The first-order chi connectivity index (χ1) is 4.90. The Morgan fingerprint density at radius 2 is 2.00 bits per heavy atom. The lowest BCUT2D eigenvalue weighted by atomic mass is 9.85. The van der Waals surface area contributed by atoms with E-state index in [4.69, 9.17) is 0 Å². The second-order valence-corrected chi connectivity index (χ2v) is 8.56. The van der Waals surface area contributed by atoms with Crippen molar-refractivity contribution in [1.82, 2.24) is 0 Å². The summed E-state index contributed by atoms with van der Waals surface area (Å²) in [6.07, 6.45) is 2.35. The number of aliphatic hydroxyl groups excluding tert-OH is 1. The van der Waals surface area contributed by atoms with Crippen LogP contribution >= 0.6 is 45.2 Å². The molecule has 0 aliphatic heterocycles. The van der Waals surface area contributed by atoms with Gasteiger partial charge in [-0.05, 0) is 6.42 Å². The lowest BCUT2D eigenvalue weighted by Gasteiger charge is -2.27. The van der Waals surface area contributed by atoms with E-state index in [0.717, 1.165) is 6.42 Å². The number of hydrogen-bond donors (Lipinski definition) is 1. The summed E-state index contributed by atoms with van der Waals surface area (Å²) in [5, 5.41) is 9.67. The molecule has 11 heavy (non-hydrogen) atoms. The van der Waals surface area contributed by atoms with E-state index >= 15 is 0 Å². The normalized spacial score (nSPS) is 15.1. The molecule has 3 heteroatoms. The minimum Gasteiger partial charge on any atom is -0.392 e. The highest BCUT2D eigenvalue weighted by atomic mass is 127. The largest absolute Gasteiger partial charge is 0.392 e. The van der Waals surface area contributed by atoms with Crippen molar-refractivity contribution in [2.45, 2.75) is 28.3 Å². The van der Waals surface area contributed by atoms with Gasteiger partial charge in [0.15, 0.2) is 0 Å². The Kier molecular flexibility index (Phi) is 5.54. The molecular formula is C8H14I2O. The number of alkyl halides is 2. The number of aliphatic hydroxyl groups is 1. The van der Waals surface area contributed by atoms with Gasteiger partial charge in [-0.25, -0.2) is 0 Å². The summed E-state index contributed by atoms with van der Waals surface area (Å²) >= 11 is 4.61. The van der Waals surface area contributed by atoms with Gasteiger partial charge in [0.1, 0.15) is 0 Å². The van der Waals surface area contributed by atoms with Crippen LogP contribution in [0.2, 0.25) is 0 Å². The van der Waals surface area contributed by atoms with Crippen LogP contribution in [0.1, 0.15) is 20.3 Å². The monoisotopic (exact) mass is 380 g/mol. The van der Waals surface area contributed by atoms with Crippen LogP contribution in [-0.4, -0.2) is 13.1 Å². The van der Waals surface area contributed by atoms with Crippen LogP contribution in [0.15, 0.2) is 12.7 Å². The molecule has 0 saturated carbocycles. The minimum absolute atomic E-state index is 0.158. The van der Waals surface area contributed by atoms with Crippen molar-refractivity contribution < 1.29 is 5.11 Å². The number of hydrogen-bond acceptors (Lipinski definition) is 1. The molecule has 0 aromatic rings. The van der Waals surface area contributed by atoms with E-state index in [9.17, 15) is 5.11 Å². The Balaban J connectivity index is 4.01. The fraction of sp³-hybridized carbons (Fsp3) is 0.750. The predicted molar refractivity (Wildman–Crippen MR) is 66.4 cm³/mol. The summed E-state index contributed by atoms with van der Waals surface area (Å²) < 4.78 is 0.486. The van der Waals surface area contributed by atoms with Gasteiger partial charge >= 0.3 is 0 Å². The van der Waals surface area contributed by atoms with Crippen LogP contribution in [0, 0.1) is 5.41 Å². The third-order valence-electron chi connectivity index (χ3n) is 1.79. The molecule has 0 fully saturated rings. The molecule has 1 atom stereocenters. The number of rotatable bonds is 4. The van der Waals surface area contributed by atoms with Crippen molar-refractivity contribution in [2.75, 3.05) is 0 Å². The Labute approximate surface area is 95.9 Å². The van der Waals surface area contributed by atoms with Crippen LogP contribution in [0.3, 0.4) is 0 Å². The Morgan fingerprint density at radius 3 is 2.27 bits per heavy atom. The fourth-order valence-corrected chi connectivity index (χ4v) is 1.57. The third-order valence-corrected chi connectivity index (χ3v) is 2.80. The summed E-state index contributed by atoms with van der Waals surface area (Å²) in [4.78, 5) is 0. The summed E-state index contributed by atoms with van der Waals surface area (Å²) in [5.74, 6) is 0. The van der Waals surface area contributed by atoms with E-state index in [1.165, 1.54) is 0 Å². The van der Waals surface area contributed by atoms with E-state index in [-0.39, 0.29) is 11.5 Å². The topological polar surface area (TPSA) is 20.2 Å². The maximum absolute atomic E-state index is 9.67. The van der Waals surface area contributed by atoms with Crippen LogP contribution < -0.4 is 0 Å². The molecule has 1 nitrogen and oxygen atoms in total. The smallest absolute Gasteiger partial charge is 0.0651 e. The van der Waals surface area contributed by atoms with Crippen molar-refractivity contribution in [3.63, 3.8) is 0 Å². The van der Waals surface area contributed by atoms with Gasteiger partial charge in [0.05, 0.1) is 8.04 Å². The van der Waals surface area contributed by atoms with Crippen LogP contribution in [0.25, 0.3) is 0 Å². The van der Waals surface area contributed by atoms with Crippen LogP contribution in [0.4, 0.5) is 0 Å². The zero-order valence-corrected chi connectivity index (χ0v) is 11.2. The molecule has 0 rings (SSSR count). The summed E-state index contributed by atoms with van der Waals surface area (Å²) in [5.41, 5.74) is -0.158. The van der Waals surface area contributed by atoms with Crippen LogP contribution in [-0.2, 0) is 0 Å². The minimum atomic E-state index is -0.279. The third kappa shape index (κ3) is 4.67. The maximum atomic E-state index is 9.67. The zero-order valence-electron chi connectivity index (χ0n) is 6.85. The maximum Gasteiger partial charge on any atom is 0.0651 e. The van der Waals surface area contributed by atoms with Gasteiger partial charge < -0.3 is 5.11 Å². The van der Waals surface area contributed by atoms with Gasteiger partial charge in [-0.2, -0.15) is 0 Å². The molecule has 0 aromatic heterocycles. The van der Waals surface area contributed by atoms with Gasteiger partial charge in [-0.1, -0.05) is 65.1 Å². The lowest BCUT2D eigenvalue weighted by molar-refractivity contribution is 0.0796. The molecule has 0 aromatic carbocycles. The first-order valence-corrected chi connectivity index (χ1v) is 5.99. The lowest BCUT2D eigenvalue weighted by Crippen LogP contribution is -2.28. The second kappa shape index (κ2) is 5.01. The highest BCUT2D eigenvalue weighted by Gasteiger charge is 2.25. The molecule has 0 amide bonds. The summed E-state index contributed by atoms with van der Waals surface area (Å²) in [6.45, 7) is 7.70. The average molecular weight is 380 g/mol. The highest BCUT2D eigenvalue weighted by molar-refractivity contribution is 14.2. The van der Waals surface area contributed by atoms with E-state index in [2.05, 4.69) is 51.8 Å². The van der Waals surface area contributed by atoms with Crippen molar-refractivity contribution in [2.24, 2.45) is 5.41 Å². The van der Waals surface area contributed by atoms with Gasteiger partial charge in [0, 0.05) is 5.41 Å². The molecule has 0 spiro atoms. The summed E-state index contributed by atoms with van der Waals surface area (Å²) in [6, 6.07) is 0. The quantitative estimate of drug-likeness (QED) is 0.452. The van der Waals surface area contributed by atoms with E-state index in [1.54, 1.807) is 0 Å². The summed E-state index contributed by atoms with van der Waals surface area (Å²) in [7, 11) is 0. The van der Waals surface area contributed by atoms with Crippen molar-refractivity contribution in [1.29, 1.82) is 0 Å². The molecule has 1 N–H and O–H groups in total. The Hall–Kier alpha value is 1.16. The van der Waals surface area contributed by atoms with Gasteiger partial charge in [0.2, 0.25) is 0 Å². The van der Waals surface area contributed by atoms with Crippen molar-refractivity contribution in [3.05, 3.63) is 12.7 Å². The molecule has 0 aliphatic rings. The zero-order chi connectivity index (χ0) is 9.07. The molecule has 0 aliphatic carbocycles. The van der Waals surface area contributed by atoms with Crippen LogP contribution in [0.5, 0.6) is 0 Å². The standard InChI is InChI=1S/C8H14I2O/c1-4-8(2,3)6(11)5-7(9)10/h4,6-7,11H,1,5H2,2-3H3. The van der Waals surface area contributed by atoms with Crippen molar-refractivity contribution >= 4 is 45.2 Å². The SMILES string of the molecule is C=CC(C)(C)C(O)CC(I)I. The molecule has 0 bridgehead atoms. The first-order valence-electron chi connectivity index (χ1n) is 3.50. The number of halogens is 2. The fourth-order valence-electron chi connectivity index (χ4n) is 0.609. The molecule has 0 heterocycles. The second-order valence-electron chi connectivity index (χ2n) is 3.17. The molecular weight excluding hydrogens is 366 g/mol. The van der Waals surface area contributed by atoms with Gasteiger partial charge in [0.25, 0.3) is 0 Å². The molecule has 0 saturated heterocycles. The Bertz CT molecular complexity index is 132. The highest BCUT2D eigenvalue weighted by Crippen LogP contribution is 2.28. The molecule has 66 valence electrons. The van der Waals surface area contributed by atoms with Gasteiger partial charge in [-0.3, -0.25) is 0 Å². The van der Waals surface area contributed by atoms with Crippen molar-refractivity contribution in [3.8, 4) is 0 Å².